The topological polar surface area (TPSA) is 81.4 Å². The molecule has 0 saturated heterocycles. The maximum Gasteiger partial charge on any atom is 0.411 e. The molecule has 1 aromatic carbocycles. The van der Waals surface area contributed by atoms with Crippen molar-refractivity contribution in [3.8, 4) is 0 Å². The van der Waals surface area contributed by atoms with E-state index in [9.17, 15) is 9.59 Å². The van der Waals surface area contributed by atoms with Gasteiger partial charge in [0.25, 0.3) is 0 Å². The van der Waals surface area contributed by atoms with Crippen molar-refractivity contribution >= 4 is 17.6 Å². The summed E-state index contributed by atoms with van der Waals surface area (Å²) in [5.74, 6) is 0.888. The summed E-state index contributed by atoms with van der Waals surface area (Å²) in [6.45, 7) is 2.30. The lowest BCUT2D eigenvalue weighted by molar-refractivity contribution is 0.103. The van der Waals surface area contributed by atoms with E-state index in [1.807, 2.05) is 6.92 Å². The van der Waals surface area contributed by atoms with Gasteiger partial charge in [0.05, 0.1) is 18.4 Å². The van der Waals surface area contributed by atoms with Gasteiger partial charge < -0.3 is 9.26 Å². The van der Waals surface area contributed by atoms with Crippen molar-refractivity contribution in [1.29, 1.82) is 0 Å². The molecular formula is C17H18N2O4. The lowest BCUT2D eigenvalue weighted by Crippen LogP contribution is -2.14. The first kappa shape index (κ1) is 15.3. The van der Waals surface area contributed by atoms with Gasteiger partial charge in [0.2, 0.25) is 0 Å². The van der Waals surface area contributed by atoms with E-state index < -0.39 is 6.09 Å². The standard InChI is InChI=1S/C17H18N2O4/c1-2-9-22-17(21)19-13-7-5-11(6-8-13)15(20)14-10-18-23-16(14)12-3-4-12/h5-8,10,12H,2-4,9H2,1H3,(H,19,21). The summed E-state index contributed by atoms with van der Waals surface area (Å²) in [6, 6.07) is 6.68. The van der Waals surface area contributed by atoms with Crippen LogP contribution in [0.4, 0.5) is 10.5 Å². The zero-order valence-electron chi connectivity index (χ0n) is 12.9. The van der Waals surface area contributed by atoms with Crippen molar-refractivity contribution in [2.75, 3.05) is 11.9 Å². The molecule has 6 nitrogen and oxygen atoms in total. The molecule has 0 aliphatic heterocycles. The molecule has 0 atom stereocenters. The monoisotopic (exact) mass is 314 g/mol. The molecule has 0 unspecified atom stereocenters. The summed E-state index contributed by atoms with van der Waals surface area (Å²) in [6.07, 6.45) is 3.82. The van der Waals surface area contributed by atoms with Gasteiger partial charge in [0.15, 0.2) is 11.5 Å². The average molecular weight is 314 g/mol. The summed E-state index contributed by atoms with van der Waals surface area (Å²) in [7, 11) is 0. The van der Waals surface area contributed by atoms with E-state index in [0.29, 0.717) is 35.1 Å². The molecule has 1 amide bonds. The second-order valence-electron chi connectivity index (χ2n) is 5.55. The van der Waals surface area contributed by atoms with Crippen LogP contribution in [0, 0.1) is 0 Å². The number of nitrogens with one attached hydrogen (secondary N) is 1. The largest absolute Gasteiger partial charge is 0.449 e. The van der Waals surface area contributed by atoms with E-state index in [1.165, 1.54) is 6.20 Å². The van der Waals surface area contributed by atoms with Crippen molar-refractivity contribution in [1.82, 2.24) is 5.16 Å². The van der Waals surface area contributed by atoms with Crippen LogP contribution in [0.2, 0.25) is 0 Å². The molecular weight excluding hydrogens is 296 g/mol. The first-order valence-corrected chi connectivity index (χ1v) is 7.72. The van der Waals surface area contributed by atoms with Crippen molar-refractivity contribution in [3.63, 3.8) is 0 Å². The molecule has 1 aromatic heterocycles. The highest BCUT2D eigenvalue weighted by Crippen LogP contribution is 2.42. The van der Waals surface area contributed by atoms with Crippen LogP contribution in [0.1, 0.15) is 53.8 Å². The van der Waals surface area contributed by atoms with E-state index in [-0.39, 0.29) is 5.78 Å². The number of carbonyl (C=O) groups is 2. The number of ketones is 1. The Morgan fingerprint density at radius 1 is 1.30 bits per heavy atom. The molecule has 2 aromatic rings. The second-order valence-corrected chi connectivity index (χ2v) is 5.55. The van der Waals surface area contributed by atoms with Gasteiger partial charge in [-0.15, -0.1) is 0 Å². The predicted octanol–water partition coefficient (Wildman–Crippen LogP) is 3.74. The predicted molar refractivity (Wildman–Crippen MR) is 83.6 cm³/mol. The molecule has 0 bridgehead atoms. The zero-order chi connectivity index (χ0) is 16.2. The van der Waals surface area contributed by atoms with Crippen molar-refractivity contribution in [2.45, 2.75) is 32.1 Å². The molecule has 120 valence electrons. The van der Waals surface area contributed by atoms with E-state index in [2.05, 4.69) is 10.5 Å². The Bertz CT molecular complexity index is 702. The van der Waals surface area contributed by atoms with Crippen LogP contribution in [-0.4, -0.2) is 23.6 Å². The third kappa shape index (κ3) is 3.59. The number of ether oxygens (including phenoxy) is 1. The SMILES string of the molecule is CCCOC(=O)Nc1ccc(C(=O)c2cnoc2C2CC2)cc1. The van der Waals surface area contributed by atoms with Gasteiger partial charge in [-0.25, -0.2) is 4.79 Å². The maximum atomic E-state index is 12.5. The Balaban J connectivity index is 1.68. The van der Waals surface area contributed by atoms with Gasteiger partial charge in [0, 0.05) is 17.2 Å². The lowest BCUT2D eigenvalue weighted by atomic mass is 10.0. The van der Waals surface area contributed by atoms with Crippen molar-refractivity contribution in [3.05, 3.63) is 47.3 Å². The van der Waals surface area contributed by atoms with Crippen LogP contribution in [0.3, 0.4) is 0 Å². The average Bonchev–Trinajstić information content (AvgIpc) is 3.30. The fourth-order valence-electron chi connectivity index (χ4n) is 2.27. The molecule has 1 fully saturated rings. The number of amides is 1. The normalized spacial score (nSPS) is 13.6. The van der Waals surface area contributed by atoms with Gasteiger partial charge >= 0.3 is 6.09 Å². The number of nitrogens with zero attached hydrogens (tertiary/aromatic N) is 1. The van der Waals surface area contributed by atoms with Crippen LogP contribution in [-0.2, 0) is 4.74 Å². The van der Waals surface area contributed by atoms with Gasteiger partial charge in [0.1, 0.15) is 0 Å². The van der Waals surface area contributed by atoms with Gasteiger partial charge in [-0.2, -0.15) is 0 Å². The summed E-state index contributed by atoms with van der Waals surface area (Å²) < 4.78 is 10.1. The lowest BCUT2D eigenvalue weighted by Gasteiger charge is -2.06. The van der Waals surface area contributed by atoms with E-state index in [4.69, 9.17) is 9.26 Å². The molecule has 3 rings (SSSR count). The molecule has 0 spiro atoms. The summed E-state index contributed by atoms with van der Waals surface area (Å²) >= 11 is 0. The molecule has 6 heteroatoms. The third-order valence-corrected chi connectivity index (χ3v) is 3.62. The third-order valence-electron chi connectivity index (χ3n) is 3.62. The number of hydrogen-bond donors (Lipinski definition) is 1. The van der Waals surface area contributed by atoms with E-state index in [1.54, 1.807) is 24.3 Å². The number of hydrogen-bond acceptors (Lipinski definition) is 5. The van der Waals surface area contributed by atoms with Gasteiger partial charge in [-0.1, -0.05) is 12.1 Å². The molecule has 1 saturated carbocycles. The second kappa shape index (κ2) is 6.64. The fraction of sp³-hybridized carbons (Fsp3) is 0.353. The Kier molecular flexibility index (Phi) is 4.41. The smallest absolute Gasteiger partial charge is 0.411 e. The first-order valence-electron chi connectivity index (χ1n) is 7.72. The molecule has 1 heterocycles. The summed E-state index contributed by atoms with van der Waals surface area (Å²) in [4.78, 5) is 24.0. The Hall–Kier alpha value is -2.63. The van der Waals surface area contributed by atoms with E-state index >= 15 is 0 Å². The van der Waals surface area contributed by atoms with Crippen LogP contribution in [0.15, 0.2) is 35.0 Å². The number of carbonyl (C=O) groups excluding carboxylic acids is 2. The van der Waals surface area contributed by atoms with Crippen LogP contribution in [0.5, 0.6) is 0 Å². The van der Waals surface area contributed by atoms with Crippen molar-refractivity contribution in [2.24, 2.45) is 0 Å². The maximum absolute atomic E-state index is 12.5. The summed E-state index contributed by atoms with van der Waals surface area (Å²) in [5, 5.41) is 6.36. The minimum Gasteiger partial charge on any atom is -0.449 e. The highest BCUT2D eigenvalue weighted by Gasteiger charge is 2.32. The molecule has 1 N–H and O–H groups in total. The quantitative estimate of drug-likeness (QED) is 0.821. The number of anilines is 1. The highest BCUT2D eigenvalue weighted by molar-refractivity contribution is 6.09. The Morgan fingerprint density at radius 3 is 2.70 bits per heavy atom. The molecule has 0 radical (unpaired) electrons. The number of aromatic nitrogens is 1. The van der Waals surface area contributed by atoms with Crippen LogP contribution < -0.4 is 5.32 Å². The van der Waals surface area contributed by atoms with Crippen LogP contribution in [0.25, 0.3) is 0 Å². The van der Waals surface area contributed by atoms with Crippen molar-refractivity contribution < 1.29 is 18.8 Å². The minimum atomic E-state index is -0.499. The number of rotatable bonds is 6. The highest BCUT2D eigenvalue weighted by atomic mass is 16.5. The zero-order valence-corrected chi connectivity index (χ0v) is 12.9. The van der Waals surface area contributed by atoms with Gasteiger partial charge in [-0.05, 0) is 43.5 Å². The summed E-state index contributed by atoms with van der Waals surface area (Å²) in [5.41, 5.74) is 1.63. The number of benzene rings is 1. The molecule has 1 aliphatic rings. The Morgan fingerprint density at radius 2 is 2.04 bits per heavy atom. The fourth-order valence-corrected chi connectivity index (χ4v) is 2.27. The Labute approximate surface area is 133 Å². The van der Waals surface area contributed by atoms with Crippen LogP contribution >= 0.6 is 0 Å². The molecule has 1 aliphatic carbocycles. The minimum absolute atomic E-state index is 0.117. The van der Waals surface area contributed by atoms with Gasteiger partial charge in [-0.3, -0.25) is 10.1 Å². The molecule has 23 heavy (non-hydrogen) atoms. The first-order chi connectivity index (χ1) is 11.2. The van der Waals surface area contributed by atoms with E-state index in [0.717, 1.165) is 19.3 Å².